The largest absolute Gasteiger partial charge is 0.492 e. The molecule has 150 valence electrons. The van der Waals surface area contributed by atoms with Crippen molar-refractivity contribution in [2.24, 2.45) is 0 Å². The van der Waals surface area contributed by atoms with Gasteiger partial charge in [0.1, 0.15) is 5.75 Å². The molecule has 0 saturated heterocycles. The third-order valence-corrected chi connectivity index (χ3v) is 5.83. The molecule has 0 heterocycles. The average Bonchev–Trinajstić information content (AvgIpc) is 2.63. The lowest BCUT2D eigenvalue weighted by atomic mass is 10.2. The van der Waals surface area contributed by atoms with E-state index in [2.05, 4.69) is 5.32 Å². The summed E-state index contributed by atoms with van der Waals surface area (Å²) in [6, 6.07) is 13.2. The number of hydrogen-bond donors (Lipinski definition) is 2. The van der Waals surface area contributed by atoms with E-state index in [4.69, 9.17) is 4.74 Å². The van der Waals surface area contributed by atoms with Gasteiger partial charge in [-0.05, 0) is 38.1 Å². The number of sulfonamides is 1. The van der Waals surface area contributed by atoms with Gasteiger partial charge in [0.15, 0.2) is 0 Å². The first kappa shape index (κ1) is 21.8. The van der Waals surface area contributed by atoms with Crippen molar-refractivity contribution in [3.63, 3.8) is 0 Å². The van der Waals surface area contributed by atoms with Gasteiger partial charge >= 0.3 is 0 Å². The Morgan fingerprint density at radius 1 is 1.00 bits per heavy atom. The van der Waals surface area contributed by atoms with Gasteiger partial charge in [-0.15, -0.1) is 11.8 Å². The first-order chi connectivity index (χ1) is 13.3. The first-order valence-electron chi connectivity index (χ1n) is 8.53. The predicted octanol–water partition coefficient (Wildman–Crippen LogP) is 2.57. The minimum Gasteiger partial charge on any atom is -0.492 e. The van der Waals surface area contributed by atoms with Crippen LogP contribution in [-0.2, 0) is 19.6 Å². The van der Waals surface area contributed by atoms with Crippen molar-refractivity contribution in [2.45, 2.75) is 18.7 Å². The second kappa shape index (κ2) is 10.1. The molecule has 7 nitrogen and oxygen atoms in total. The minimum absolute atomic E-state index is 0.00153. The summed E-state index contributed by atoms with van der Waals surface area (Å²) in [5, 5.41) is 2.71. The number of anilines is 1. The van der Waals surface area contributed by atoms with Crippen LogP contribution in [0, 0.1) is 6.92 Å². The van der Waals surface area contributed by atoms with E-state index in [1.54, 1.807) is 36.4 Å². The molecule has 9 heteroatoms. The molecule has 0 saturated carbocycles. The van der Waals surface area contributed by atoms with E-state index < -0.39 is 15.9 Å². The normalized spacial score (nSPS) is 10.9. The number of ether oxygens (including phenoxy) is 1. The zero-order chi connectivity index (χ0) is 20.6. The standard InChI is InChI=1S/C19H22N2O5S2/c1-3-26-17-7-5-4-6-16(17)20-18(22)12-27-13-19(23)21-28(24,25)15-10-8-14(2)9-11-15/h4-11H,3,12-13H2,1-2H3,(H,20,22)(H,21,23). The lowest BCUT2D eigenvalue weighted by Crippen LogP contribution is -2.32. The number of benzene rings is 2. The molecule has 0 aliphatic rings. The van der Waals surface area contributed by atoms with Gasteiger partial charge in [0.2, 0.25) is 11.8 Å². The maximum Gasteiger partial charge on any atom is 0.264 e. The number of rotatable bonds is 9. The number of nitrogens with one attached hydrogen (secondary N) is 2. The van der Waals surface area contributed by atoms with Crippen molar-refractivity contribution in [1.29, 1.82) is 0 Å². The van der Waals surface area contributed by atoms with Crippen LogP contribution >= 0.6 is 11.8 Å². The average molecular weight is 423 g/mol. The Morgan fingerprint density at radius 3 is 2.32 bits per heavy atom. The Bertz CT molecular complexity index is 928. The van der Waals surface area contributed by atoms with Crippen LogP contribution in [0.4, 0.5) is 5.69 Å². The van der Waals surface area contributed by atoms with E-state index in [1.165, 1.54) is 12.1 Å². The molecule has 0 aromatic heterocycles. The molecule has 28 heavy (non-hydrogen) atoms. The van der Waals surface area contributed by atoms with Crippen LogP contribution < -0.4 is 14.8 Å². The zero-order valence-electron chi connectivity index (χ0n) is 15.6. The molecule has 2 aromatic carbocycles. The number of carbonyl (C=O) groups is 2. The maximum absolute atomic E-state index is 12.2. The number of amides is 2. The van der Waals surface area contributed by atoms with Crippen molar-refractivity contribution < 1.29 is 22.7 Å². The summed E-state index contributed by atoms with van der Waals surface area (Å²) in [5.41, 5.74) is 1.46. The molecule has 0 bridgehead atoms. The Balaban J connectivity index is 1.82. The number of thioether (sulfide) groups is 1. The summed E-state index contributed by atoms with van der Waals surface area (Å²) >= 11 is 1.02. The number of aryl methyl sites for hydroxylation is 1. The summed E-state index contributed by atoms with van der Waals surface area (Å²) in [4.78, 5) is 24.0. The van der Waals surface area contributed by atoms with Crippen molar-refractivity contribution in [3.8, 4) is 5.75 Å². The highest BCUT2D eigenvalue weighted by molar-refractivity contribution is 8.00. The summed E-state index contributed by atoms with van der Waals surface area (Å²) in [6.45, 7) is 4.15. The van der Waals surface area contributed by atoms with Gasteiger partial charge in [0.05, 0.1) is 28.7 Å². The van der Waals surface area contributed by atoms with Gasteiger partial charge in [0.25, 0.3) is 10.0 Å². The van der Waals surface area contributed by atoms with Crippen LogP contribution in [0.1, 0.15) is 12.5 Å². The smallest absolute Gasteiger partial charge is 0.264 e. The van der Waals surface area contributed by atoms with E-state index in [1.807, 2.05) is 18.6 Å². The highest BCUT2D eigenvalue weighted by Crippen LogP contribution is 2.23. The zero-order valence-corrected chi connectivity index (χ0v) is 17.2. The van der Waals surface area contributed by atoms with Crippen LogP contribution in [-0.4, -0.2) is 38.3 Å². The lowest BCUT2D eigenvalue weighted by Gasteiger charge is -2.11. The third kappa shape index (κ3) is 6.58. The van der Waals surface area contributed by atoms with Crippen molar-refractivity contribution in [1.82, 2.24) is 4.72 Å². The van der Waals surface area contributed by atoms with E-state index in [9.17, 15) is 18.0 Å². The Kier molecular flexibility index (Phi) is 7.89. The topological polar surface area (TPSA) is 102 Å². The quantitative estimate of drug-likeness (QED) is 0.644. The molecule has 0 aliphatic carbocycles. The fourth-order valence-corrected chi connectivity index (χ4v) is 3.92. The fourth-order valence-electron chi connectivity index (χ4n) is 2.23. The third-order valence-electron chi connectivity index (χ3n) is 3.51. The molecule has 0 atom stereocenters. The van der Waals surface area contributed by atoms with Gasteiger partial charge in [-0.25, -0.2) is 13.1 Å². The molecule has 2 rings (SSSR count). The second-order valence-electron chi connectivity index (χ2n) is 5.81. The van der Waals surface area contributed by atoms with Gasteiger partial charge in [-0.2, -0.15) is 0 Å². The maximum atomic E-state index is 12.2. The number of carbonyl (C=O) groups excluding carboxylic acids is 2. The highest BCUT2D eigenvalue weighted by Gasteiger charge is 2.17. The molecule has 0 radical (unpaired) electrons. The van der Waals surface area contributed by atoms with Crippen molar-refractivity contribution in [2.75, 3.05) is 23.4 Å². The van der Waals surface area contributed by atoms with E-state index in [0.717, 1.165) is 17.3 Å². The Morgan fingerprint density at radius 2 is 1.64 bits per heavy atom. The molecule has 0 unspecified atom stereocenters. The first-order valence-corrected chi connectivity index (χ1v) is 11.2. The SMILES string of the molecule is CCOc1ccccc1NC(=O)CSCC(=O)NS(=O)(=O)c1ccc(C)cc1. The molecule has 2 aromatic rings. The van der Waals surface area contributed by atoms with Gasteiger partial charge in [-0.3, -0.25) is 9.59 Å². The van der Waals surface area contributed by atoms with Crippen LogP contribution in [0.3, 0.4) is 0 Å². The Hall–Kier alpha value is -2.52. The molecule has 2 N–H and O–H groups in total. The second-order valence-corrected chi connectivity index (χ2v) is 8.48. The summed E-state index contributed by atoms with van der Waals surface area (Å²) in [7, 11) is -3.92. The van der Waals surface area contributed by atoms with Gasteiger partial charge < -0.3 is 10.1 Å². The van der Waals surface area contributed by atoms with Crippen molar-refractivity contribution >= 4 is 39.3 Å². The Labute approximate surface area is 168 Å². The molecule has 0 spiro atoms. The van der Waals surface area contributed by atoms with Gasteiger partial charge in [0, 0.05) is 0 Å². The minimum atomic E-state index is -3.92. The molecular weight excluding hydrogens is 400 g/mol. The van der Waals surface area contributed by atoms with Crippen LogP contribution in [0.2, 0.25) is 0 Å². The summed E-state index contributed by atoms with van der Waals surface area (Å²) in [5.74, 6) is -0.603. The van der Waals surface area contributed by atoms with Crippen molar-refractivity contribution in [3.05, 3.63) is 54.1 Å². The monoisotopic (exact) mass is 422 g/mol. The van der Waals surface area contributed by atoms with Crippen LogP contribution in [0.25, 0.3) is 0 Å². The van der Waals surface area contributed by atoms with E-state index >= 15 is 0 Å². The number of hydrogen-bond acceptors (Lipinski definition) is 6. The summed E-state index contributed by atoms with van der Waals surface area (Å²) < 4.78 is 31.7. The fraction of sp³-hybridized carbons (Fsp3) is 0.263. The molecule has 0 aliphatic heterocycles. The van der Waals surface area contributed by atoms with Crippen LogP contribution in [0.15, 0.2) is 53.4 Å². The molecule has 2 amide bonds. The predicted molar refractivity (Wildman–Crippen MR) is 110 cm³/mol. The van der Waals surface area contributed by atoms with Gasteiger partial charge in [-0.1, -0.05) is 29.8 Å². The van der Waals surface area contributed by atoms with E-state index in [-0.39, 0.29) is 22.3 Å². The van der Waals surface area contributed by atoms with Crippen LogP contribution in [0.5, 0.6) is 5.75 Å². The highest BCUT2D eigenvalue weighted by atomic mass is 32.2. The molecule has 0 fully saturated rings. The van der Waals surface area contributed by atoms with E-state index in [0.29, 0.717) is 18.0 Å². The lowest BCUT2D eigenvalue weighted by molar-refractivity contribution is -0.116. The number of para-hydroxylation sites is 2. The summed E-state index contributed by atoms with van der Waals surface area (Å²) in [6.07, 6.45) is 0. The molecular formula is C19H22N2O5S2.